The molecule has 0 aliphatic rings. The van der Waals surface area contributed by atoms with Crippen molar-refractivity contribution in [1.82, 2.24) is 19.1 Å². The Morgan fingerprint density at radius 3 is 1.21 bits per heavy atom. The Morgan fingerprint density at radius 1 is 0.242 bits per heavy atom. The van der Waals surface area contributed by atoms with Crippen molar-refractivity contribution < 1.29 is 0 Å². The fourth-order valence-electron chi connectivity index (χ4n) is 9.17. The smallest absolute Gasteiger partial charge is 0.160 e. The zero-order valence-electron chi connectivity index (χ0n) is 33.7. The Bertz CT molecular complexity index is 3550. The summed E-state index contributed by atoms with van der Waals surface area (Å²) in [4.78, 5) is 10.2. The highest BCUT2D eigenvalue weighted by Crippen LogP contribution is 2.39. The predicted molar refractivity (Wildman–Crippen MR) is 258 cm³/mol. The van der Waals surface area contributed by atoms with E-state index in [1.165, 1.54) is 54.8 Å². The molecule has 3 aromatic heterocycles. The number of hydrogen-bond acceptors (Lipinski definition) is 2. The average Bonchev–Trinajstić information content (AvgIpc) is 3.87. The van der Waals surface area contributed by atoms with E-state index in [1.807, 2.05) is 36.4 Å². The Labute approximate surface area is 359 Å². The maximum absolute atomic E-state index is 5.08. The third kappa shape index (κ3) is 6.08. The molecule has 4 heteroatoms. The minimum Gasteiger partial charge on any atom is -0.309 e. The van der Waals surface area contributed by atoms with Crippen LogP contribution in [-0.2, 0) is 0 Å². The Kier molecular flexibility index (Phi) is 8.46. The van der Waals surface area contributed by atoms with Crippen molar-refractivity contribution in [2.45, 2.75) is 0 Å². The van der Waals surface area contributed by atoms with Crippen LogP contribution < -0.4 is 0 Å². The fourth-order valence-corrected chi connectivity index (χ4v) is 9.17. The summed E-state index contributed by atoms with van der Waals surface area (Å²) in [6.07, 6.45) is 0. The monoisotopic (exact) mass is 790 g/mol. The van der Waals surface area contributed by atoms with Crippen molar-refractivity contribution in [2.24, 2.45) is 0 Å². The van der Waals surface area contributed by atoms with Crippen LogP contribution in [0, 0.1) is 0 Å². The molecule has 0 unspecified atom stereocenters. The van der Waals surface area contributed by atoms with Gasteiger partial charge >= 0.3 is 0 Å². The third-order valence-corrected chi connectivity index (χ3v) is 12.1. The van der Waals surface area contributed by atoms with Crippen molar-refractivity contribution in [3.8, 4) is 67.5 Å². The molecule has 12 aromatic rings. The van der Waals surface area contributed by atoms with Crippen LogP contribution in [0.2, 0.25) is 0 Å². The van der Waals surface area contributed by atoms with E-state index in [9.17, 15) is 0 Å². The van der Waals surface area contributed by atoms with Crippen LogP contribution in [0.4, 0.5) is 0 Å². The molecule has 12 rings (SSSR count). The van der Waals surface area contributed by atoms with Crippen LogP contribution in [0.5, 0.6) is 0 Å². The van der Waals surface area contributed by atoms with Gasteiger partial charge in [0.1, 0.15) is 0 Å². The molecule has 9 aromatic carbocycles. The summed E-state index contributed by atoms with van der Waals surface area (Å²) in [7, 11) is 0. The van der Waals surface area contributed by atoms with E-state index in [1.54, 1.807) is 0 Å². The van der Waals surface area contributed by atoms with E-state index in [0.29, 0.717) is 5.82 Å². The molecule has 0 radical (unpaired) electrons. The summed E-state index contributed by atoms with van der Waals surface area (Å²) >= 11 is 0. The first-order valence-electron chi connectivity index (χ1n) is 21.1. The molecular formula is C58H38N4. The SMILES string of the molecule is c1ccc(-c2cccc(-n3c4ccccc4c4cc(-c5ccc6c(c5)c5ccccc5n6-c5ccc(-c6nc(-c7ccccc7)cc(-c7ccccc7)n6)cc5)ccc43)c2)cc1. The summed E-state index contributed by atoms with van der Waals surface area (Å²) in [6, 6.07) is 82.2. The van der Waals surface area contributed by atoms with Crippen molar-refractivity contribution in [2.75, 3.05) is 0 Å². The van der Waals surface area contributed by atoms with Gasteiger partial charge in [0.05, 0.1) is 33.5 Å². The zero-order valence-corrected chi connectivity index (χ0v) is 33.7. The number of fused-ring (bicyclic) bond motifs is 6. The highest BCUT2D eigenvalue weighted by Gasteiger charge is 2.17. The number of hydrogen-bond donors (Lipinski definition) is 0. The minimum absolute atomic E-state index is 0.699. The number of para-hydroxylation sites is 2. The second kappa shape index (κ2) is 14.7. The van der Waals surface area contributed by atoms with E-state index in [0.717, 1.165) is 50.5 Å². The van der Waals surface area contributed by atoms with Crippen LogP contribution >= 0.6 is 0 Å². The lowest BCUT2D eigenvalue weighted by Crippen LogP contribution is -1.97. The molecule has 0 aliphatic carbocycles. The van der Waals surface area contributed by atoms with Gasteiger partial charge in [0.25, 0.3) is 0 Å². The molecule has 3 heterocycles. The van der Waals surface area contributed by atoms with E-state index < -0.39 is 0 Å². The summed E-state index contributed by atoms with van der Waals surface area (Å²) in [6.45, 7) is 0. The van der Waals surface area contributed by atoms with Gasteiger partial charge < -0.3 is 9.13 Å². The zero-order chi connectivity index (χ0) is 41.0. The number of aromatic nitrogens is 4. The van der Waals surface area contributed by atoms with Crippen LogP contribution in [0.3, 0.4) is 0 Å². The fraction of sp³-hybridized carbons (Fsp3) is 0. The maximum atomic E-state index is 5.08. The topological polar surface area (TPSA) is 35.6 Å². The molecule has 290 valence electrons. The van der Waals surface area contributed by atoms with Crippen molar-refractivity contribution >= 4 is 43.6 Å². The van der Waals surface area contributed by atoms with Gasteiger partial charge in [-0.15, -0.1) is 0 Å². The van der Waals surface area contributed by atoms with E-state index >= 15 is 0 Å². The predicted octanol–water partition coefficient (Wildman–Crippen LogP) is 15.0. The second-order valence-electron chi connectivity index (χ2n) is 15.8. The molecule has 62 heavy (non-hydrogen) atoms. The van der Waals surface area contributed by atoms with E-state index in [-0.39, 0.29) is 0 Å². The number of rotatable bonds is 7. The molecule has 0 saturated carbocycles. The molecule has 0 atom stereocenters. The molecule has 0 bridgehead atoms. The molecule has 0 fully saturated rings. The quantitative estimate of drug-likeness (QED) is 0.161. The second-order valence-corrected chi connectivity index (χ2v) is 15.8. The number of benzene rings is 9. The molecule has 0 saturated heterocycles. The van der Waals surface area contributed by atoms with Gasteiger partial charge in [-0.05, 0) is 101 Å². The summed E-state index contributed by atoms with van der Waals surface area (Å²) in [5.74, 6) is 0.699. The largest absolute Gasteiger partial charge is 0.309 e. The Hall–Kier alpha value is -8.34. The highest BCUT2D eigenvalue weighted by atomic mass is 15.0. The van der Waals surface area contributed by atoms with Gasteiger partial charge in [-0.2, -0.15) is 0 Å². The van der Waals surface area contributed by atoms with Gasteiger partial charge in [-0.25, -0.2) is 9.97 Å². The lowest BCUT2D eigenvalue weighted by atomic mass is 10.0. The first-order valence-corrected chi connectivity index (χ1v) is 21.1. The Balaban J connectivity index is 0.939. The van der Waals surface area contributed by atoms with Gasteiger partial charge in [0.2, 0.25) is 0 Å². The minimum atomic E-state index is 0.699. The first-order chi connectivity index (χ1) is 30.7. The Morgan fingerprint density at radius 2 is 0.661 bits per heavy atom. The van der Waals surface area contributed by atoms with Crippen molar-refractivity contribution in [3.63, 3.8) is 0 Å². The molecule has 0 N–H and O–H groups in total. The van der Waals surface area contributed by atoms with Crippen LogP contribution in [0.1, 0.15) is 0 Å². The van der Waals surface area contributed by atoms with Gasteiger partial charge in [-0.1, -0.05) is 152 Å². The van der Waals surface area contributed by atoms with Crippen molar-refractivity contribution in [1.29, 1.82) is 0 Å². The van der Waals surface area contributed by atoms with Crippen LogP contribution in [0.15, 0.2) is 231 Å². The van der Waals surface area contributed by atoms with Crippen LogP contribution in [0.25, 0.3) is 111 Å². The molecule has 4 nitrogen and oxygen atoms in total. The normalized spacial score (nSPS) is 11.5. The first kappa shape index (κ1) is 35.6. The average molecular weight is 791 g/mol. The maximum Gasteiger partial charge on any atom is 0.160 e. The molecule has 0 aliphatic heterocycles. The third-order valence-electron chi connectivity index (χ3n) is 12.1. The lowest BCUT2D eigenvalue weighted by molar-refractivity contribution is 1.16. The highest BCUT2D eigenvalue weighted by molar-refractivity contribution is 6.12. The summed E-state index contributed by atoms with van der Waals surface area (Å²) < 4.78 is 4.77. The van der Waals surface area contributed by atoms with Gasteiger partial charge in [0, 0.05) is 49.6 Å². The lowest BCUT2D eigenvalue weighted by Gasteiger charge is -2.12. The van der Waals surface area contributed by atoms with Gasteiger partial charge in [-0.3, -0.25) is 0 Å². The van der Waals surface area contributed by atoms with E-state index in [4.69, 9.17) is 9.97 Å². The van der Waals surface area contributed by atoms with E-state index in [2.05, 4.69) is 203 Å². The standard InChI is InChI=1S/C58H38N4/c1-4-15-39(16-5-1)43-21-14-22-47(35-43)62-55-26-13-11-24-49(55)51-37-45(30-34-57(51)62)44-29-33-56-50(36-44)48-23-10-12-25-54(48)61(56)46-31-27-42(28-32-46)58-59-52(40-17-6-2-7-18-40)38-53(60-58)41-19-8-3-9-20-41/h1-38H. The molecule has 0 spiro atoms. The van der Waals surface area contributed by atoms with Crippen molar-refractivity contribution in [3.05, 3.63) is 231 Å². The molecule has 0 amide bonds. The molecular weight excluding hydrogens is 753 g/mol. The van der Waals surface area contributed by atoms with Gasteiger partial charge in [0.15, 0.2) is 5.82 Å². The summed E-state index contributed by atoms with van der Waals surface area (Å²) in [5.41, 5.74) is 16.6. The number of nitrogens with zero attached hydrogens (tertiary/aromatic N) is 4. The van der Waals surface area contributed by atoms with Crippen LogP contribution in [-0.4, -0.2) is 19.1 Å². The summed E-state index contributed by atoms with van der Waals surface area (Å²) in [5, 5.41) is 4.91.